The Labute approximate surface area is 111 Å². The number of carbonyl (C=O) groups excluding carboxylic acids is 1. The highest BCUT2D eigenvalue weighted by molar-refractivity contribution is 5.89. The molecule has 2 heteroatoms. The highest BCUT2D eigenvalue weighted by Gasteiger charge is 2.44. The van der Waals surface area contributed by atoms with Crippen LogP contribution in [0.4, 0.5) is 0 Å². The molecule has 2 fully saturated rings. The van der Waals surface area contributed by atoms with E-state index in [9.17, 15) is 4.79 Å². The smallest absolute Gasteiger partial charge is 0.167 e. The minimum absolute atomic E-state index is 0.259. The Morgan fingerprint density at radius 2 is 1.72 bits per heavy atom. The standard InChI is InChI=1S/C16H28O2/c1-12-7-8-14(11-13(12)2)15(17)16(18-3)9-5-4-6-10-16/h12-14H,4-11H2,1-3H3. The average Bonchev–Trinajstić information content (AvgIpc) is 2.42. The first-order valence-electron chi connectivity index (χ1n) is 7.68. The van der Waals surface area contributed by atoms with Crippen LogP contribution in [0.25, 0.3) is 0 Å². The van der Waals surface area contributed by atoms with E-state index in [1.807, 2.05) is 0 Å². The van der Waals surface area contributed by atoms with E-state index >= 15 is 0 Å². The van der Waals surface area contributed by atoms with Crippen molar-refractivity contribution in [2.45, 2.75) is 70.8 Å². The first-order valence-corrected chi connectivity index (χ1v) is 7.68. The third-order valence-electron chi connectivity index (χ3n) is 5.47. The van der Waals surface area contributed by atoms with Gasteiger partial charge in [0.05, 0.1) is 0 Å². The van der Waals surface area contributed by atoms with Crippen LogP contribution in [0.1, 0.15) is 65.2 Å². The van der Waals surface area contributed by atoms with Crippen LogP contribution in [0.3, 0.4) is 0 Å². The molecule has 0 radical (unpaired) electrons. The molecule has 2 nitrogen and oxygen atoms in total. The number of hydrogen-bond donors (Lipinski definition) is 0. The Bertz CT molecular complexity index is 291. The summed E-state index contributed by atoms with van der Waals surface area (Å²) in [6.45, 7) is 4.61. The fraction of sp³-hybridized carbons (Fsp3) is 0.938. The van der Waals surface area contributed by atoms with E-state index in [-0.39, 0.29) is 5.92 Å². The predicted molar refractivity (Wildman–Crippen MR) is 73.5 cm³/mol. The lowest BCUT2D eigenvalue weighted by Crippen LogP contribution is -2.47. The largest absolute Gasteiger partial charge is 0.370 e. The third kappa shape index (κ3) is 2.64. The Balaban J connectivity index is 2.05. The van der Waals surface area contributed by atoms with Crippen molar-refractivity contribution in [2.75, 3.05) is 7.11 Å². The first kappa shape index (κ1) is 14.0. The van der Waals surface area contributed by atoms with Crippen LogP contribution in [0.15, 0.2) is 0 Å². The van der Waals surface area contributed by atoms with Crippen molar-refractivity contribution in [2.24, 2.45) is 17.8 Å². The lowest BCUT2D eigenvalue weighted by molar-refractivity contribution is -0.151. The molecule has 18 heavy (non-hydrogen) atoms. The maximum Gasteiger partial charge on any atom is 0.167 e. The molecule has 0 N–H and O–H groups in total. The van der Waals surface area contributed by atoms with Gasteiger partial charge in [-0.1, -0.05) is 33.1 Å². The number of ether oxygens (including phenoxy) is 1. The van der Waals surface area contributed by atoms with E-state index in [1.165, 1.54) is 12.8 Å². The summed E-state index contributed by atoms with van der Waals surface area (Å²) in [4.78, 5) is 12.8. The molecule has 0 bridgehead atoms. The van der Waals surface area contributed by atoms with Gasteiger partial charge in [0.2, 0.25) is 0 Å². The summed E-state index contributed by atoms with van der Waals surface area (Å²) in [6.07, 6.45) is 8.82. The van der Waals surface area contributed by atoms with Crippen molar-refractivity contribution < 1.29 is 9.53 Å². The SMILES string of the molecule is COC1(C(=O)C2CCC(C)C(C)C2)CCCCC1. The molecule has 3 unspecified atom stereocenters. The van der Waals surface area contributed by atoms with E-state index < -0.39 is 5.60 Å². The predicted octanol–water partition coefficient (Wildman–Crippen LogP) is 3.98. The van der Waals surface area contributed by atoms with Crippen molar-refractivity contribution in [3.8, 4) is 0 Å². The molecule has 0 spiro atoms. The summed E-state index contributed by atoms with van der Waals surface area (Å²) >= 11 is 0. The fourth-order valence-corrected chi connectivity index (χ4v) is 3.83. The van der Waals surface area contributed by atoms with Gasteiger partial charge in [0.15, 0.2) is 5.78 Å². The maximum atomic E-state index is 12.8. The molecule has 2 aliphatic rings. The zero-order valence-electron chi connectivity index (χ0n) is 12.2. The molecular weight excluding hydrogens is 224 g/mol. The second-order valence-corrected chi connectivity index (χ2v) is 6.59. The average molecular weight is 252 g/mol. The molecule has 0 aromatic carbocycles. The normalized spacial score (nSPS) is 36.3. The second kappa shape index (κ2) is 5.73. The summed E-state index contributed by atoms with van der Waals surface area (Å²) in [5, 5.41) is 0. The molecule has 2 saturated carbocycles. The maximum absolute atomic E-state index is 12.8. The van der Waals surface area contributed by atoms with Crippen molar-refractivity contribution in [3.05, 3.63) is 0 Å². The Morgan fingerprint density at radius 3 is 2.28 bits per heavy atom. The fourth-order valence-electron chi connectivity index (χ4n) is 3.83. The summed E-state index contributed by atoms with van der Waals surface area (Å²) < 4.78 is 5.71. The van der Waals surface area contributed by atoms with Gasteiger partial charge in [-0.15, -0.1) is 0 Å². The number of methoxy groups -OCH3 is 1. The summed E-state index contributed by atoms with van der Waals surface area (Å²) in [6, 6.07) is 0. The van der Waals surface area contributed by atoms with E-state index in [2.05, 4.69) is 13.8 Å². The van der Waals surface area contributed by atoms with Gasteiger partial charge in [-0.05, 0) is 43.9 Å². The monoisotopic (exact) mass is 252 g/mol. The lowest BCUT2D eigenvalue weighted by atomic mass is 9.69. The van der Waals surface area contributed by atoms with Crippen molar-refractivity contribution in [3.63, 3.8) is 0 Å². The molecule has 2 aliphatic carbocycles. The lowest BCUT2D eigenvalue weighted by Gasteiger charge is -2.40. The zero-order valence-corrected chi connectivity index (χ0v) is 12.2. The zero-order chi connectivity index (χ0) is 13.2. The molecular formula is C16H28O2. The van der Waals surface area contributed by atoms with Crippen LogP contribution >= 0.6 is 0 Å². The van der Waals surface area contributed by atoms with E-state index in [0.29, 0.717) is 11.7 Å². The highest BCUT2D eigenvalue weighted by atomic mass is 16.5. The van der Waals surface area contributed by atoms with Crippen molar-refractivity contribution in [1.82, 2.24) is 0 Å². The van der Waals surface area contributed by atoms with Crippen LogP contribution < -0.4 is 0 Å². The molecule has 3 atom stereocenters. The molecule has 0 aromatic heterocycles. The number of hydrogen-bond acceptors (Lipinski definition) is 2. The van der Waals surface area contributed by atoms with Crippen LogP contribution in [-0.4, -0.2) is 18.5 Å². The first-order chi connectivity index (χ1) is 8.59. The second-order valence-electron chi connectivity index (χ2n) is 6.59. The summed E-state index contributed by atoms with van der Waals surface area (Å²) in [5.74, 6) is 2.14. The van der Waals surface area contributed by atoms with Gasteiger partial charge in [-0.25, -0.2) is 0 Å². The van der Waals surface area contributed by atoms with Gasteiger partial charge in [0.25, 0.3) is 0 Å². The molecule has 104 valence electrons. The number of carbonyl (C=O) groups is 1. The van der Waals surface area contributed by atoms with Gasteiger partial charge < -0.3 is 4.74 Å². The molecule has 0 amide bonds. The summed E-state index contributed by atoms with van der Waals surface area (Å²) in [5.41, 5.74) is -0.427. The minimum atomic E-state index is -0.427. The quantitative estimate of drug-likeness (QED) is 0.759. The van der Waals surface area contributed by atoms with E-state index in [4.69, 9.17) is 4.74 Å². The molecule has 0 heterocycles. The van der Waals surface area contributed by atoms with Crippen molar-refractivity contribution in [1.29, 1.82) is 0 Å². The van der Waals surface area contributed by atoms with Gasteiger partial charge in [-0.2, -0.15) is 0 Å². The van der Waals surface area contributed by atoms with Crippen LogP contribution in [0, 0.1) is 17.8 Å². The molecule has 0 aliphatic heterocycles. The topological polar surface area (TPSA) is 26.3 Å². The Kier molecular flexibility index (Phi) is 4.47. The summed E-state index contributed by atoms with van der Waals surface area (Å²) in [7, 11) is 1.73. The molecule has 2 rings (SSSR count). The van der Waals surface area contributed by atoms with Gasteiger partial charge >= 0.3 is 0 Å². The van der Waals surface area contributed by atoms with Crippen molar-refractivity contribution >= 4 is 5.78 Å². The van der Waals surface area contributed by atoms with E-state index in [1.54, 1.807) is 7.11 Å². The van der Waals surface area contributed by atoms with Crippen LogP contribution in [0.5, 0.6) is 0 Å². The van der Waals surface area contributed by atoms with E-state index in [0.717, 1.165) is 44.4 Å². The van der Waals surface area contributed by atoms with Gasteiger partial charge in [-0.3, -0.25) is 4.79 Å². The molecule has 0 aromatic rings. The minimum Gasteiger partial charge on any atom is -0.370 e. The number of Topliss-reactive ketones (excluding diaryl/α,β-unsaturated/α-hetero) is 1. The third-order valence-corrected chi connectivity index (χ3v) is 5.47. The number of ketones is 1. The van der Waals surface area contributed by atoms with Crippen LogP contribution in [0.2, 0.25) is 0 Å². The Morgan fingerprint density at radius 1 is 1.06 bits per heavy atom. The number of rotatable bonds is 3. The van der Waals surface area contributed by atoms with Crippen LogP contribution in [-0.2, 0) is 9.53 Å². The van der Waals surface area contributed by atoms with Gasteiger partial charge in [0.1, 0.15) is 5.60 Å². The highest BCUT2D eigenvalue weighted by Crippen LogP contribution is 2.40. The van der Waals surface area contributed by atoms with Gasteiger partial charge in [0, 0.05) is 13.0 Å². The Hall–Kier alpha value is -0.370. The molecule has 0 saturated heterocycles.